The molecule has 0 radical (unpaired) electrons. The summed E-state index contributed by atoms with van der Waals surface area (Å²) in [6.07, 6.45) is 3.83. The fourth-order valence-electron chi connectivity index (χ4n) is 4.04. The highest BCUT2D eigenvalue weighted by molar-refractivity contribution is 7.72. The van der Waals surface area contributed by atoms with E-state index in [4.69, 9.17) is 22.8 Å². The number of carbonyl (C=O) groups is 1. The lowest BCUT2D eigenvalue weighted by atomic mass is 9.84. The van der Waals surface area contributed by atoms with Crippen LogP contribution in [0.2, 0.25) is 0 Å². The predicted molar refractivity (Wildman–Crippen MR) is 125 cm³/mol. The van der Waals surface area contributed by atoms with E-state index in [9.17, 15) is 13.9 Å². The van der Waals surface area contributed by atoms with E-state index in [0.29, 0.717) is 0 Å². The zero-order valence-corrected chi connectivity index (χ0v) is 22.5. The molecule has 0 aromatic carbocycles. The molecule has 1 aliphatic rings. The highest BCUT2D eigenvalue weighted by Crippen LogP contribution is 2.72. The Morgan fingerprint density at radius 1 is 0.844 bits per heavy atom. The molecule has 1 saturated carbocycles. The normalized spacial score (nSPS) is 17.4. The lowest BCUT2D eigenvalue weighted by molar-refractivity contribution is 0.0475. The fourth-order valence-corrected chi connectivity index (χ4v) is 9.85. The number of hydrogen-bond donors (Lipinski definition) is 1. The molecule has 1 N–H and O–H groups in total. The predicted octanol–water partition coefficient (Wildman–Crippen LogP) is 6.32. The zero-order chi connectivity index (χ0) is 24.4. The summed E-state index contributed by atoms with van der Waals surface area (Å²) in [6, 6.07) is -0.835. The van der Waals surface area contributed by atoms with Crippen molar-refractivity contribution in [1.29, 1.82) is 0 Å². The van der Waals surface area contributed by atoms with Crippen LogP contribution < -0.4 is 5.32 Å². The van der Waals surface area contributed by atoms with Crippen molar-refractivity contribution < 1.29 is 36.8 Å². The van der Waals surface area contributed by atoms with E-state index in [1.54, 1.807) is 48.5 Å². The molecule has 0 spiro atoms. The smallest absolute Gasteiger partial charge is 0.407 e. The first-order valence-corrected chi connectivity index (χ1v) is 15.0. The minimum Gasteiger partial charge on any atom is -0.444 e. The Kier molecular flexibility index (Phi) is 12.4. The molecule has 11 heteroatoms. The number of nitrogens with one attached hydrogen (secondary N) is 1. The van der Waals surface area contributed by atoms with Crippen molar-refractivity contribution in [2.75, 3.05) is 26.4 Å². The van der Waals surface area contributed by atoms with E-state index in [0.717, 1.165) is 32.1 Å². The SMILES string of the molecule is CCOP(=O)(OCC)C(C(NC(=O)OC(C)(C)C)C1CCCCC1)P(=O)(OCC)OCC. The number of carbonyl (C=O) groups excluding carboxylic acids is 1. The number of amides is 1. The van der Waals surface area contributed by atoms with Crippen LogP contribution >= 0.6 is 15.2 Å². The molecule has 0 aromatic rings. The summed E-state index contributed by atoms with van der Waals surface area (Å²) in [5.41, 5.74) is -0.732. The van der Waals surface area contributed by atoms with Crippen LogP contribution in [0.25, 0.3) is 0 Å². The zero-order valence-electron chi connectivity index (χ0n) is 20.8. The summed E-state index contributed by atoms with van der Waals surface area (Å²) in [4.78, 5) is 12.8. The minimum atomic E-state index is -4.02. The molecular weight excluding hydrogens is 456 g/mol. The molecule has 0 aliphatic heterocycles. The van der Waals surface area contributed by atoms with Crippen LogP contribution in [0.4, 0.5) is 4.79 Å². The number of rotatable bonds is 13. The van der Waals surface area contributed by atoms with Gasteiger partial charge in [-0.25, -0.2) is 4.79 Å². The second-order valence-corrected chi connectivity index (χ2v) is 13.4. The third-order valence-corrected chi connectivity index (χ3v) is 11.2. The minimum absolute atomic E-state index is 0.0792. The Hall–Kier alpha value is -0.430. The van der Waals surface area contributed by atoms with E-state index in [2.05, 4.69) is 5.32 Å². The quantitative estimate of drug-likeness (QED) is 0.293. The van der Waals surface area contributed by atoms with Gasteiger partial charge in [0.1, 0.15) is 5.60 Å². The van der Waals surface area contributed by atoms with Crippen LogP contribution in [-0.4, -0.2) is 49.6 Å². The number of alkyl carbamates (subject to hydrolysis) is 1. The van der Waals surface area contributed by atoms with E-state index in [-0.39, 0.29) is 32.3 Å². The van der Waals surface area contributed by atoms with Crippen LogP contribution in [0.5, 0.6) is 0 Å². The summed E-state index contributed by atoms with van der Waals surface area (Å²) in [5, 5.41) is 1.55. The molecule has 1 aliphatic carbocycles. The van der Waals surface area contributed by atoms with Crippen LogP contribution in [0.1, 0.15) is 80.6 Å². The van der Waals surface area contributed by atoms with Crippen LogP contribution in [0.3, 0.4) is 0 Å². The molecule has 9 nitrogen and oxygen atoms in total. The maximum Gasteiger partial charge on any atom is 0.407 e. The highest BCUT2D eigenvalue weighted by Gasteiger charge is 2.57. The Morgan fingerprint density at radius 3 is 1.59 bits per heavy atom. The van der Waals surface area contributed by atoms with Gasteiger partial charge < -0.3 is 28.1 Å². The molecule has 0 aromatic heterocycles. The molecule has 1 atom stereocenters. The van der Waals surface area contributed by atoms with Crippen molar-refractivity contribution >= 4 is 21.3 Å². The number of hydrogen-bond acceptors (Lipinski definition) is 8. The molecular formula is C21H43NO8P2. The molecule has 32 heavy (non-hydrogen) atoms. The summed E-state index contributed by atoms with van der Waals surface area (Å²) >= 11 is 0. The van der Waals surface area contributed by atoms with Crippen LogP contribution in [0, 0.1) is 5.92 Å². The van der Waals surface area contributed by atoms with Crippen molar-refractivity contribution in [3.05, 3.63) is 0 Å². The van der Waals surface area contributed by atoms with E-state index in [1.807, 2.05) is 0 Å². The van der Waals surface area contributed by atoms with Gasteiger partial charge in [0.15, 0.2) is 5.40 Å². The Morgan fingerprint density at radius 2 is 1.25 bits per heavy atom. The van der Waals surface area contributed by atoms with Gasteiger partial charge in [-0.2, -0.15) is 0 Å². The van der Waals surface area contributed by atoms with Crippen LogP contribution in [-0.2, 0) is 32.0 Å². The van der Waals surface area contributed by atoms with E-state index in [1.165, 1.54) is 0 Å². The maximum atomic E-state index is 14.1. The first kappa shape index (κ1) is 29.6. The first-order valence-electron chi connectivity index (χ1n) is 11.7. The van der Waals surface area contributed by atoms with E-state index < -0.39 is 38.3 Å². The largest absolute Gasteiger partial charge is 0.444 e. The topological polar surface area (TPSA) is 109 Å². The second-order valence-electron chi connectivity index (χ2n) is 8.73. The lowest BCUT2D eigenvalue weighted by Crippen LogP contribution is -2.50. The van der Waals surface area contributed by atoms with Gasteiger partial charge in [0.2, 0.25) is 0 Å². The van der Waals surface area contributed by atoms with Gasteiger partial charge in [-0.1, -0.05) is 19.3 Å². The molecule has 1 rings (SSSR count). The highest BCUT2D eigenvalue weighted by atomic mass is 31.2. The van der Waals surface area contributed by atoms with Gasteiger partial charge in [-0.05, 0) is 67.2 Å². The average molecular weight is 500 g/mol. The molecule has 0 heterocycles. The lowest BCUT2D eigenvalue weighted by Gasteiger charge is -2.40. The van der Waals surface area contributed by atoms with Gasteiger partial charge in [0.05, 0.1) is 32.5 Å². The summed E-state index contributed by atoms with van der Waals surface area (Å²) in [5.74, 6) is -0.107. The molecule has 0 saturated heterocycles. The van der Waals surface area contributed by atoms with Crippen LogP contribution in [0.15, 0.2) is 0 Å². The van der Waals surface area contributed by atoms with Crippen molar-refractivity contribution in [2.24, 2.45) is 5.92 Å². The Balaban J connectivity index is 3.60. The molecule has 1 amide bonds. The fraction of sp³-hybridized carbons (Fsp3) is 0.952. The van der Waals surface area contributed by atoms with E-state index >= 15 is 0 Å². The van der Waals surface area contributed by atoms with Gasteiger partial charge in [0, 0.05) is 0 Å². The Labute approximate surface area is 193 Å². The van der Waals surface area contributed by atoms with Gasteiger partial charge in [0.25, 0.3) is 0 Å². The summed E-state index contributed by atoms with van der Waals surface area (Å²) < 4.78 is 56.2. The summed E-state index contributed by atoms with van der Waals surface area (Å²) in [7, 11) is -8.05. The van der Waals surface area contributed by atoms with Gasteiger partial charge in [-0.15, -0.1) is 0 Å². The van der Waals surface area contributed by atoms with Crippen molar-refractivity contribution in [2.45, 2.75) is 97.6 Å². The average Bonchev–Trinajstić information content (AvgIpc) is 2.67. The van der Waals surface area contributed by atoms with Crippen molar-refractivity contribution in [3.8, 4) is 0 Å². The Bertz CT molecular complexity index is 611. The standard InChI is InChI=1S/C21H43NO8P2/c1-8-26-31(24,27-9-2)19(32(25,28-10-3)29-11-4)18(17-15-13-12-14-16-17)22-20(23)30-21(5,6)7/h17-19H,8-16H2,1-7H3,(H,22,23). The van der Waals surface area contributed by atoms with Gasteiger partial charge in [-0.3, -0.25) is 9.13 Å². The first-order chi connectivity index (χ1) is 15.0. The summed E-state index contributed by atoms with van der Waals surface area (Å²) in [6.45, 7) is 12.3. The van der Waals surface area contributed by atoms with Crippen molar-refractivity contribution in [3.63, 3.8) is 0 Å². The third kappa shape index (κ3) is 8.73. The maximum absolute atomic E-state index is 14.1. The van der Waals surface area contributed by atoms with Gasteiger partial charge >= 0.3 is 21.3 Å². The molecule has 1 fully saturated rings. The monoisotopic (exact) mass is 499 g/mol. The van der Waals surface area contributed by atoms with Crippen molar-refractivity contribution in [1.82, 2.24) is 5.32 Å². The third-order valence-electron chi connectivity index (χ3n) is 5.05. The number of ether oxygens (including phenoxy) is 1. The second kappa shape index (κ2) is 13.5. The molecule has 1 unspecified atom stereocenters. The molecule has 0 bridgehead atoms. The molecule has 190 valence electrons.